The zero-order valence-electron chi connectivity index (χ0n) is 15.5. The molecule has 5 nitrogen and oxygen atoms in total. The minimum atomic E-state index is -0.578. The number of nitrogens with one attached hydrogen (secondary N) is 1. The van der Waals surface area contributed by atoms with E-state index in [-0.39, 0.29) is 25.1 Å². The minimum absolute atomic E-state index is 0. The average Bonchev–Trinajstić information content (AvgIpc) is 2.66. The molecule has 2 rings (SSSR count). The van der Waals surface area contributed by atoms with E-state index in [4.69, 9.17) is 14.2 Å². The summed E-state index contributed by atoms with van der Waals surface area (Å²) in [5.74, 6) is 2.21. The number of hydrogen-bond donors (Lipinski definition) is 2. The zero-order valence-corrected chi connectivity index (χ0v) is 16.3. The Labute approximate surface area is 161 Å². The van der Waals surface area contributed by atoms with Gasteiger partial charge >= 0.3 is 0 Å². The maximum Gasteiger partial charge on any atom is 0.160 e. The fraction of sp³-hybridized carbons (Fsp3) is 0.400. The summed E-state index contributed by atoms with van der Waals surface area (Å²) in [6.07, 6.45) is 0.252. The molecule has 2 unspecified atom stereocenters. The van der Waals surface area contributed by atoms with Crippen LogP contribution in [0.25, 0.3) is 0 Å². The normalized spacial score (nSPS) is 12.6. The van der Waals surface area contributed by atoms with E-state index >= 15 is 0 Å². The predicted molar refractivity (Wildman–Crippen MR) is 106 cm³/mol. The highest BCUT2D eigenvalue weighted by atomic mass is 35.5. The lowest BCUT2D eigenvalue weighted by atomic mass is 10.1. The molecule has 0 saturated heterocycles. The predicted octanol–water partition coefficient (Wildman–Crippen LogP) is 3.09. The summed E-state index contributed by atoms with van der Waals surface area (Å²) in [6, 6.07) is 15.3. The second kappa shape index (κ2) is 11.6. The highest BCUT2D eigenvalue weighted by molar-refractivity contribution is 5.85. The van der Waals surface area contributed by atoms with Gasteiger partial charge in [0.1, 0.15) is 18.5 Å². The monoisotopic (exact) mass is 381 g/mol. The number of benzene rings is 2. The highest BCUT2D eigenvalue weighted by Crippen LogP contribution is 2.27. The number of halogens is 1. The van der Waals surface area contributed by atoms with E-state index in [9.17, 15) is 5.11 Å². The van der Waals surface area contributed by atoms with Crippen LogP contribution in [0.15, 0.2) is 48.5 Å². The van der Waals surface area contributed by atoms with Gasteiger partial charge in [-0.05, 0) is 49.7 Å². The molecule has 0 aliphatic heterocycles. The fourth-order valence-corrected chi connectivity index (χ4v) is 2.46. The molecule has 0 aromatic heterocycles. The van der Waals surface area contributed by atoms with Gasteiger partial charge in [0.15, 0.2) is 11.5 Å². The molecule has 144 valence electrons. The van der Waals surface area contributed by atoms with E-state index in [0.29, 0.717) is 0 Å². The van der Waals surface area contributed by atoms with Gasteiger partial charge in [0.2, 0.25) is 0 Å². The maximum atomic E-state index is 10.2. The summed E-state index contributed by atoms with van der Waals surface area (Å²) < 4.78 is 16.1. The Hall–Kier alpha value is -1.95. The Morgan fingerprint density at radius 3 is 2.35 bits per heavy atom. The van der Waals surface area contributed by atoms with Gasteiger partial charge in [-0.1, -0.05) is 24.3 Å². The van der Waals surface area contributed by atoms with Crippen molar-refractivity contribution in [3.63, 3.8) is 0 Å². The molecule has 2 atom stereocenters. The smallest absolute Gasteiger partial charge is 0.160 e. The number of aliphatic hydroxyl groups excluding tert-OH is 1. The van der Waals surface area contributed by atoms with Crippen molar-refractivity contribution in [3.8, 4) is 17.2 Å². The van der Waals surface area contributed by atoms with Gasteiger partial charge in [-0.25, -0.2) is 0 Å². The van der Waals surface area contributed by atoms with Crippen molar-refractivity contribution in [2.45, 2.75) is 25.5 Å². The molecule has 0 aliphatic rings. The van der Waals surface area contributed by atoms with Crippen molar-refractivity contribution in [2.24, 2.45) is 0 Å². The molecule has 0 heterocycles. The van der Waals surface area contributed by atoms with Crippen LogP contribution >= 0.6 is 12.4 Å². The third kappa shape index (κ3) is 6.75. The van der Waals surface area contributed by atoms with E-state index in [2.05, 4.69) is 5.32 Å². The molecular formula is C20H28ClNO4. The summed E-state index contributed by atoms with van der Waals surface area (Å²) in [4.78, 5) is 0. The van der Waals surface area contributed by atoms with Crippen molar-refractivity contribution >= 4 is 12.4 Å². The van der Waals surface area contributed by atoms with E-state index in [1.807, 2.05) is 55.5 Å². The summed E-state index contributed by atoms with van der Waals surface area (Å²) in [6.45, 7) is 2.96. The van der Waals surface area contributed by atoms with Crippen LogP contribution in [-0.4, -0.2) is 44.6 Å². The topological polar surface area (TPSA) is 60.0 Å². The standard InChI is InChI=1S/C20H27NO4.ClH/c1-15(18(22)14-25-17-7-5-4-6-8-17)21-12-11-16-9-10-19(23-2)20(13-16)24-3;/h4-10,13,15,18,21-22H,11-12,14H2,1-3H3;1H. The molecule has 0 saturated carbocycles. The maximum absolute atomic E-state index is 10.2. The molecule has 0 fully saturated rings. The Morgan fingerprint density at radius 1 is 1.00 bits per heavy atom. The van der Waals surface area contributed by atoms with Crippen LogP contribution < -0.4 is 19.5 Å². The van der Waals surface area contributed by atoms with Gasteiger partial charge in [0.25, 0.3) is 0 Å². The highest BCUT2D eigenvalue weighted by Gasteiger charge is 2.14. The first kappa shape index (κ1) is 22.1. The number of rotatable bonds is 10. The van der Waals surface area contributed by atoms with Gasteiger partial charge in [0, 0.05) is 6.04 Å². The van der Waals surface area contributed by atoms with Crippen molar-refractivity contribution in [1.29, 1.82) is 0 Å². The lowest BCUT2D eigenvalue weighted by Gasteiger charge is -2.21. The van der Waals surface area contributed by atoms with Crippen LogP contribution in [0.4, 0.5) is 0 Å². The summed E-state index contributed by atoms with van der Waals surface area (Å²) >= 11 is 0. The molecular weight excluding hydrogens is 354 g/mol. The molecule has 2 aromatic carbocycles. The number of ether oxygens (including phenoxy) is 3. The quantitative estimate of drug-likeness (QED) is 0.662. The lowest BCUT2D eigenvalue weighted by molar-refractivity contribution is 0.0788. The molecule has 0 aliphatic carbocycles. The Kier molecular flexibility index (Phi) is 9.88. The van der Waals surface area contributed by atoms with E-state index in [1.165, 1.54) is 0 Å². The first-order chi connectivity index (χ1) is 12.1. The first-order valence-electron chi connectivity index (χ1n) is 8.44. The second-order valence-corrected chi connectivity index (χ2v) is 5.87. The van der Waals surface area contributed by atoms with Crippen molar-refractivity contribution < 1.29 is 19.3 Å². The van der Waals surface area contributed by atoms with Gasteiger partial charge < -0.3 is 24.6 Å². The number of hydrogen-bond acceptors (Lipinski definition) is 5. The molecule has 0 bridgehead atoms. The number of para-hydroxylation sites is 1. The van der Waals surface area contributed by atoms with Crippen LogP contribution in [0, 0.1) is 0 Å². The minimum Gasteiger partial charge on any atom is -0.493 e. The molecule has 26 heavy (non-hydrogen) atoms. The lowest BCUT2D eigenvalue weighted by Crippen LogP contribution is -2.41. The first-order valence-corrected chi connectivity index (χ1v) is 8.44. The summed E-state index contributed by atoms with van der Waals surface area (Å²) in [5.41, 5.74) is 1.15. The average molecular weight is 382 g/mol. The molecule has 6 heteroatoms. The fourth-order valence-electron chi connectivity index (χ4n) is 2.46. The molecule has 0 radical (unpaired) electrons. The van der Waals surface area contributed by atoms with E-state index in [0.717, 1.165) is 35.8 Å². The number of aliphatic hydroxyl groups is 1. The molecule has 2 aromatic rings. The SMILES string of the molecule is COc1ccc(CCNC(C)C(O)COc2ccccc2)cc1OC.Cl. The van der Waals surface area contributed by atoms with Gasteiger partial charge in [-0.2, -0.15) is 0 Å². The van der Waals surface area contributed by atoms with Crippen LogP contribution in [-0.2, 0) is 6.42 Å². The second-order valence-electron chi connectivity index (χ2n) is 5.87. The zero-order chi connectivity index (χ0) is 18.1. The largest absolute Gasteiger partial charge is 0.493 e. The van der Waals surface area contributed by atoms with Crippen LogP contribution in [0.2, 0.25) is 0 Å². The van der Waals surface area contributed by atoms with Crippen molar-refractivity contribution in [3.05, 3.63) is 54.1 Å². The van der Waals surface area contributed by atoms with Crippen LogP contribution in [0.1, 0.15) is 12.5 Å². The van der Waals surface area contributed by atoms with E-state index < -0.39 is 6.10 Å². The molecule has 0 spiro atoms. The summed E-state index contributed by atoms with van der Waals surface area (Å²) in [5, 5.41) is 13.5. The van der Waals surface area contributed by atoms with Gasteiger partial charge in [0.05, 0.1) is 14.2 Å². The Bertz CT molecular complexity index is 639. The third-order valence-electron chi connectivity index (χ3n) is 4.07. The third-order valence-corrected chi connectivity index (χ3v) is 4.07. The Morgan fingerprint density at radius 2 is 1.69 bits per heavy atom. The molecule has 2 N–H and O–H groups in total. The van der Waals surface area contributed by atoms with Crippen molar-refractivity contribution in [2.75, 3.05) is 27.4 Å². The van der Waals surface area contributed by atoms with Crippen molar-refractivity contribution in [1.82, 2.24) is 5.32 Å². The van der Waals surface area contributed by atoms with Crippen LogP contribution in [0.5, 0.6) is 17.2 Å². The van der Waals surface area contributed by atoms with Gasteiger partial charge in [-0.3, -0.25) is 0 Å². The molecule has 0 amide bonds. The number of methoxy groups -OCH3 is 2. The van der Waals surface area contributed by atoms with Crippen LogP contribution in [0.3, 0.4) is 0 Å². The summed E-state index contributed by atoms with van der Waals surface area (Å²) in [7, 11) is 3.25. The Balaban J connectivity index is 0.00000338. The van der Waals surface area contributed by atoms with Gasteiger partial charge in [-0.15, -0.1) is 12.4 Å². The van der Waals surface area contributed by atoms with E-state index in [1.54, 1.807) is 14.2 Å².